The van der Waals surface area contributed by atoms with Crippen LogP contribution >= 0.6 is 0 Å². The van der Waals surface area contributed by atoms with Gasteiger partial charge in [-0.25, -0.2) is 9.83 Å². The Bertz CT molecular complexity index is 2850. The number of aryl methyl sites for hydroxylation is 1. The van der Waals surface area contributed by atoms with Gasteiger partial charge in [0, 0.05) is 43.8 Å². The highest BCUT2D eigenvalue weighted by atomic mass is 16.5. The van der Waals surface area contributed by atoms with E-state index in [9.17, 15) is 0 Å². The van der Waals surface area contributed by atoms with E-state index in [1.165, 1.54) is 12.3 Å². The van der Waals surface area contributed by atoms with E-state index in [4.69, 9.17) is 15.4 Å². The number of fused-ring (bicyclic) bond motifs is 3. The van der Waals surface area contributed by atoms with Crippen molar-refractivity contribution in [3.63, 3.8) is 0 Å². The molecule has 0 spiro atoms. The molecule has 0 aliphatic rings. The third kappa shape index (κ3) is 5.45. The highest BCUT2D eigenvalue weighted by Gasteiger charge is 2.20. The Morgan fingerprint density at radius 1 is 0.654 bits per heavy atom. The topological polar surface area (TPSA) is 62.1 Å². The maximum absolute atomic E-state index is 7.99. The van der Waals surface area contributed by atoms with Gasteiger partial charge in [-0.3, -0.25) is 9.13 Å². The zero-order chi connectivity index (χ0) is 37.5. The maximum atomic E-state index is 7.99. The van der Waals surface area contributed by atoms with Crippen LogP contribution in [0.4, 0.5) is 5.69 Å². The molecule has 0 saturated heterocycles. The molecule has 0 saturated carbocycles. The van der Waals surface area contributed by atoms with E-state index in [1.54, 1.807) is 24.5 Å². The van der Waals surface area contributed by atoms with E-state index in [-0.39, 0.29) is 5.56 Å². The molecule has 7 nitrogen and oxygen atoms in total. The molecule has 3 heterocycles. The number of ether oxygens (including phenoxy) is 1. The van der Waals surface area contributed by atoms with Gasteiger partial charge in [0.1, 0.15) is 23.6 Å². The molecule has 9 aromatic rings. The van der Waals surface area contributed by atoms with Gasteiger partial charge in [-0.05, 0) is 72.1 Å². The van der Waals surface area contributed by atoms with Crippen molar-refractivity contribution in [3.05, 3.63) is 181 Å². The molecule has 0 N–H and O–H groups in total. The van der Waals surface area contributed by atoms with Crippen molar-refractivity contribution in [1.29, 1.82) is 0 Å². The van der Waals surface area contributed by atoms with Crippen LogP contribution < -0.4 is 4.74 Å². The molecule has 0 amide bonds. The molecule has 7 heteroatoms. The van der Waals surface area contributed by atoms with Gasteiger partial charge in [-0.1, -0.05) is 97.1 Å². The summed E-state index contributed by atoms with van der Waals surface area (Å²) in [6.07, 6.45) is 3.23. The lowest BCUT2D eigenvalue weighted by atomic mass is 9.95. The normalized spacial score (nSPS) is 12.2. The second-order valence-electron chi connectivity index (χ2n) is 12.3. The molecule has 0 unspecified atom stereocenters. The van der Waals surface area contributed by atoms with Crippen molar-refractivity contribution in [1.82, 2.24) is 24.3 Å². The summed E-state index contributed by atoms with van der Waals surface area (Å²) in [4.78, 5) is 8.37. The third-order valence-corrected chi connectivity index (χ3v) is 9.13. The summed E-state index contributed by atoms with van der Waals surface area (Å²) in [6.45, 7) is 5.70. The van der Waals surface area contributed by atoms with Crippen LogP contribution in [0.5, 0.6) is 11.5 Å². The maximum Gasteiger partial charge on any atom is 0.191 e. The molecule has 246 valence electrons. The SMILES string of the molecule is [2H]C([2H])([2H])c1ccnc(-n2c3ccccc3c3ccc(Oc4cc([N+]#[C-])cc(-c5nncn5-c5c(-c6ccccc6)cccc5-c5ccccc5)c4)cc32)c1. The molecule has 0 atom stereocenters. The van der Waals surface area contributed by atoms with Gasteiger partial charge in [0.05, 0.1) is 23.3 Å². The number of hydrogen-bond donors (Lipinski definition) is 0. The minimum atomic E-state index is -2.28. The van der Waals surface area contributed by atoms with E-state index in [0.29, 0.717) is 34.4 Å². The largest absolute Gasteiger partial charge is 0.459 e. The van der Waals surface area contributed by atoms with Crippen LogP contribution in [0.25, 0.3) is 71.8 Å². The Morgan fingerprint density at radius 2 is 1.38 bits per heavy atom. The van der Waals surface area contributed by atoms with Gasteiger partial charge in [0.25, 0.3) is 0 Å². The van der Waals surface area contributed by atoms with Crippen LogP contribution in [-0.4, -0.2) is 24.3 Å². The lowest BCUT2D eigenvalue weighted by Gasteiger charge is -2.18. The highest BCUT2D eigenvalue weighted by molar-refractivity contribution is 6.09. The Balaban J connectivity index is 1.16. The van der Waals surface area contributed by atoms with Crippen molar-refractivity contribution in [2.45, 2.75) is 6.85 Å². The molecule has 9 rings (SSSR count). The van der Waals surface area contributed by atoms with E-state index in [2.05, 4.69) is 62.5 Å². The quantitative estimate of drug-likeness (QED) is 0.158. The van der Waals surface area contributed by atoms with Crippen molar-refractivity contribution >= 4 is 27.5 Å². The number of aromatic nitrogens is 5. The third-order valence-electron chi connectivity index (χ3n) is 9.13. The molecule has 3 aromatic heterocycles. The second-order valence-corrected chi connectivity index (χ2v) is 12.3. The van der Waals surface area contributed by atoms with E-state index >= 15 is 0 Å². The standard InChI is InChI=1S/C45H30N6O/c1-30-22-23-47-43(24-30)51-41-19-10-9-16-39(41)40-21-20-35(28-42(40)51)52-36-26-33(25-34(27-36)46-2)45-49-48-29-50(45)44-37(31-12-5-3-6-13-31)17-11-18-38(44)32-14-7-4-8-15-32/h3-29H,1H3/i1D3. The predicted octanol–water partition coefficient (Wildman–Crippen LogP) is 11.4. The number of rotatable bonds is 7. The first-order valence-electron chi connectivity index (χ1n) is 18.2. The second kappa shape index (κ2) is 12.9. The molecule has 52 heavy (non-hydrogen) atoms. The number of nitrogens with zero attached hydrogens (tertiary/aromatic N) is 6. The minimum absolute atomic E-state index is 0.203. The molecule has 0 bridgehead atoms. The van der Waals surface area contributed by atoms with Gasteiger partial charge in [-0.2, -0.15) is 0 Å². The molecular weight excluding hydrogens is 641 g/mol. The van der Waals surface area contributed by atoms with E-state index in [0.717, 1.165) is 49.7 Å². The Morgan fingerprint density at radius 3 is 2.13 bits per heavy atom. The summed E-state index contributed by atoms with van der Waals surface area (Å²) in [5.41, 5.74) is 7.91. The van der Waals surface area contributed by atoms with Crippen molar-refractivity contribution in [3.8, 4) is 56.6 Å². The molecule has 0 radical (unpaired) electrons. The van der Waals surface area contributed by atoms with E-state index < -0.39 is 6.85 Å². The Kier molecular flexibility index (Phi) is 6.81. The van der Waals surface area contributed by atoms with Crippen LogP contribution in [0, 0.1) is 13.4 Å². The highest BCUT2D eigenvalue weighted by Crippen LogP contribution is 2.40. The summed E-state index contributed by atoms with van der Waals surface area (Å²) < 4.78 is 34.4. The summed E-state index contributed by atoms with van der Waals surface area (Å²) in [5, 5.41) is 10.9. The lowest BCUT2D eigenvalue weighted by molar-refractivity contribution is 0.484. The van der Waals surface area contributed by atoms with Crippen LogP contribution in [0.3, 0.4) is 0 Å². The fourth-order valence-corrected chi connectivity index (χ4v) is 6.87. The van der Waals surface area contributed by atoms with Gasteiger partial charge in [0.15, 0.2) is 11.5 Å². The summed E-state index contributed by atoms with van der Waals surface area (Å²) in [7, 11) is 0. The van der Waals surface area contributed by atoms with Gasteiger partial charge in [-0.15, -0.1) is 10.2 Å². The Hall–Kier alpha value is -7.30. The van der Waals surface area contributed by atoms with Gasteiger partial charge >= 0.3 is 0 Å². The van der Waals surface area contributed by atoms with Crippen molar-refractivity contribution in [2.24, 2.45) is 0 Å². The summed E-state index contributed by atoms with van der Waals surface area (Å²) in [5.74, 6) is 2.01. The monoisotopic (exact) mass is 673 g/mol. The van der Waals surface area contributed by atoms with Crippen molar-refractivity contribution < 1.29 is 8.85 Å². The first-order chi connectivity index (χ1) is 26.9. The number of hydrogen-bond acceptors (Lipinski definition) is 4. The summed E-state index contributed by atoms with van der Waals surface area (Å²) >= 11 is 0. The number of pyridine rings is 1. The smallest absolute Gasteiger partial charge is 0.191 e. The zero-order valence-corrected chi connectivity index (χ0v) is 27.7. The molecule has 0 aliphatic heterocycles. The predicted molar refractivity (Wildman–Crippen MR) is 207 cm³/mol. The van der Waals surface area contributed by atoms with E-state index in [1.807, 2.05) is 94.1 Å². The number of para-hydroxylation sites is 2. The first kappa shape index (κ1) is 27.5. The fraction of sp³-hybridized carbons (Fsp3) is 0.0222. The minimum Gasteiger partial charge on any atom is -0.459 e. The summed E-state index contributed by atoms with van der Waals surface area (Å²) in [6, 6.07) is 48.8. The van der Waals surface area contributed by atoms with Gasteiger partial charge < -0.3 is 4.74 Å². The average Bonchev–Trinajstić information content (AvgIpc) is 3.84. The van der Waals surface area contributed by atoms with Crippen LogP contribution in [0.1, 0.15) is 9.68 Å². The van der Waals surface area contributed by atoms with Gasteiger partial charge in [0.2, 0.25) is 0 Å². The van der Waals surface area contributed by atoms with Crippen LogP contribution in [0.15, 0.2) is 164 Å². The lowest BCUT2D eigenvalue weighted by Crippen LogP contribution is -2.02. The molecule has 0 aliphatic carbocycles. The zero-order valence-electron chi connectivity index (χ0n) is 30.7. The van der Waals surface area contributed by atoms with Crippen molar-refractivity contribution in [2.75, 3.05) is 0 Å². The Labute approximate surface area is 304 Å². The fourth-order valence-electron chi connectivity index (χ4n) is 6.87. The average molecular weight is 674 g/mol. The first-order valence-corrected chi connectivity index (χ1v) is 16.7. The number of benzene rings is 6. The molecule has 6 aromatic carbocycles. The molecule has 0 fully saturated rings. The van der Waals surface area contributed by atoms with Crippen LogP contribution in [0.2, 0.25) is 0 Å². The van der Waals surface area contributed by atoms with Crippen LogP contribution in [-0.2, 0) is 0 Å². The molecular formula is C45H30N6O.